The van der Waals surface area contributed by atoms with Crippen LogP contribution in [0.1, 0.15) is 36.8 Å². The molecule has 0 amide bonds. The summed E-state index contributed by atoms with van der Waals surface area (Å²) in [5, 5.41) is -0.130. The quantitative estimate of drug-likeness (QED) is 0.838. The molecule has 20 heavy (non-hydrogen) atoms. The molecule has 1 spiro atoms. The van der Waals surface area contributed by atoms with Gasteiger partial charge in [-0.2, -0.15) is 4.31 Å². The summed E-state index contributed by atoms with van der Waals surface area (Å²) in [7, 11) is -3.10. The van der Waals surface area contributed by atoms with Crippen molar-refractivity contribution in [2.75, 3.05) is 13.1 Å². The Kier molecular flexibility index (Phi) is 2.75. The van der Waals surface area contributed by atoms with Gasteiger partial charge >= 0.3 is 0 Å². The summed E-state index contributed by atoms with van der Waals surface area (Å²) in [6.45, 7) is 1.74. The zero-order valence-electron chi connectivity index (χ0n) is 11.4. The van der Waals surface area contributed by atoms with Crippen LogP contribution in [0.2, 0.25) is 0 Å². The average molecular weight is 293 g/mol. The third kappa shape index (κ3) is 1.84. The maximum Gasteiger partial charge on any atom is 0.217 e. The minimum absolute atomic E-state index is 0.130. The SMILES string of the molecule is O=S(=O)(C1CC1)N1CCCC2(C1)OCc1ccccc12. The van der Waals surface area contributed by atoms with Gasteiger partial charge in [0.25, 0.3) is 0 Å². The topological polar surface area (TPSA) is 46.6 Å². The highest BCUT2D eigenvalue weighted by molar-refractivity contribution is 7.90. The molecule has 4 nitrogen and oxygen atoms in total. The summed E-state index contributed by atoms with van der Waals surface area (Å²) in [5.41, 5.74) is 1.99. The van der Waals surface area contributed by atoms with E-state index in [-0.39, 0.29) is 5.25 Å². The van der Waals surface area contributed by atoms with Crippen LogP contribution < -0.4 is 0 Å². The number of fused-ring (bicyclic) bond motifs is 2. The molecule has 2 fully saturated rings. The standard InChI is InChI=1S/C15H19NO3S/c17-20(18,13-6-7-13)16-9-3-8-15(11-16)14-5-2-1-4-12(14)10-19-15/h1-2,4-5,13H,3,6-11H2. The van der Waals surface area contributed by atoms with E-state index >= 15 is 0 Å². The van der Waals surface area contributed by atoms with Crippen LogP contribution in [0.5, 0.6) is 0 Å². The molecule has 0 aromatic heterocycles. The van der Waals surface area contributed by atoms with Crippen LogP contribution in [0.15, 0.2) is 24.3 Å². The lowest BCUT2D eigenvalue weighted by Gasteiger charge is -2.39. The van der Waals surface area contributed by atoms with Gasteiger partial charge in [-0.15, -0.1) is 0 Å². The molecule has 1 aromatic rings. The summed E-state index contributed by atoms with van der Waals surface area (Å²) < 4.78 is 32.7. The van der Waals surface area contributed by atoms with Crippen molar-refractivity contribution in [1.82, 2.24) is 4.31 Å². The van der Waals surface area contributed by atoms with Crippen molar-refractivity contribution in [2.24, 2.45) is 0 Å². The van der Waals surface area contributed by atoms with Gasteiger partial charge in [-0.25, -0.2) is 8.42 Å². The molecule has 2 heterocycles. The van der Waals surface area contributed by atoms with Gasteiger partial charge < -0.3 is 4.74 Å². The first-order valence-electron chi connectivity index (χ1n) is 7.33. The zero-order valence-corrected chi connectivity index (χ0v) is 12.2. The Balaban J connectivity index is 1.68. The normalized spacial score (nSPS) is 30.6. The molecule has 0 bridgehead atoms. The van der Waals surface area contributed by atoms with Crippen LogP contribution in [-0.4, -0.2) is 31.1 Å². The van der Waals surface area contributed by atoms with Gasteiger partial charge in [0.05, 0.1) is 11.9 Å². The van der Waals surface area contributed by atoms with Crippen molar-refractivity contribution in [2.45, 2.75) is 43.1 Å². The number of hydrogen-bond donors (Lipinski definition) is 0. The fraction of sp³-hybridized carbons (Fsp3) is 0.600. The van der Waals surface area contributed by atoms with E-state index in [1.165, 1.54) is 11.1 Å². The second-order valence-corrected chi connectivity index (χ2v) is 8.33. The molecule has 4 rings (SSSR count). The number of benzene rings is 1. The van der Waals surface area contributed by atoms with Crippen LogP contribution in [0.4, 0.5) is 0 Å². The maximum absolute atomic E-state index is 12.5. The summed E-state index contributed by atoms with van der Waals surface area (Å²) in [6, 6.07) is 8.21. The van der Waals surface area contributed by atoms with Crippen LogP contribution >= 0.6 is 0 Å². The molecule has 0 N–H and O–H groups in total. The highest BCUT2D eigenvalue weighted by atomic mass is 32.2. The molecule has 3 aliphatic rings. The van der Waals surface area contributed by atoms with E-state index in [4.69, 9.17) is 4.74 Å². The molecular formula is C15H19NO3S. The predicted octanol–water partition coefficient (Wildman–Crippen LogP) is 2.00. The van der Waals surface area contributed by atoms with Crippen molar-refractivity contribution in [3.05, 3.63) is 35.4 Å². The minimum atomic E-state index is -3.10. The van der Waals surface area contributed by atoms with E-state index in [9.17, 15) is 8.42 Å². The Morgan fingerprint density at radius 1 is 1.25 bits per heavy atom. The summed E-state index contributed by atoms with van der Waals surface area (Å²) in [6.07, 6.45) is 3.44. The molecule has 0 radical (unpaired) electrons. The van der Waals surface area contributed by atoms with Crippen molar-refractivity contribution < 1.29 is 13.2 Å². The van der Waals surface area contributed by atoms with Gasteiger partial charge in [-0.1, -0.05) is 24.3 Å². The molecule has 1 unspecified atom stereocenters. The predicted molar refractivity (Wildman–Crippen MR) is 75.7 cm³/mol. The van der Waals surface area contributed by atoms with Gasteiger partial charge in [0.1, 0.15) is 5.60 Å². The van der Waals surface area contributed by atoms with Crippen molar-refractivity contribution in [1.29, 1.82) is 0 Å². The first-order chi connectivity index (χ1) is 9.62. The molecule has 1 atom stereocenters. The van der Waals surface area contributed by atoms with E-state index < -0.39 is 15.6 Å². The summed E-state index contributed by atoms with van der Waals surface area (Å²) in [5.74, 6) is 0. The number of rotatable bonds is 2. The Bertz CT molecular complexity index is 634. The van der Waals surface area contributed by atoms with Crippen LogP contribution in [0, 0.1) is 0 Å². The van der Waals surface area contributed by atoms with Crippen LogP contribution in [-0.2, 0) is 27.0 Å². The summed E-state index contributed by atoms with van der Waals surface area (Å²) in [4.78, 5) is 0. The molecule has 2 aliphatic heterocycles. The lowest BCUT2D eigenvalue weighted by atomic mass is 9.86. The fourth-order valence-electron chi connectivity index (χ4n) is 3.50. The first-order valence-corrected chi connectivity index (χ1v) is 8.83. The van der Waals surface area contributed by atoms with E-state index in [0.29, 0.717) is 19.7 Å². The smallest absolute Gasteiger partial charge is 0.217 e. The molecule has 108 valence electrons. The highest BCUT2D eigenvalue weighted by Crippen LogP contribution is 2.44. The lowest BCUT2D eigenvalue weighted by molar-refractivity contribution is -0.0701. The maximum atomic E-state index is 12.5. The highest BCUT2D eigenvalue weighted by Gasteiger charge is 2.49. The fourth-order valence-corrected chi connectivity index (χ4v) is 5.43. The lowest BCUT2D eigenvalue weighted by Crippen LogP contribution is -2.49. The molecule has 1 saturated heterocycles. The third-order valence-corrected chi connectivity index (χ3v) is 7.08. The van der Waals surface area contributed by atoms with Crippen LogP contribution in [0.25, 0.3) is 0 Å². The number of sulfonamides is 1. The van der Waals surface area contributed by atoms with Crippen LogP contribution in [0.3, 0.4) is 0 Å². The minimum Gasteiger partial charge on any atom is -0.364 e. The molecule has 1 aromatic carbocycles. The van der Waals surface area contributed by atoms with E-state index in [1.54, 1.807) is 4.31 Å². The van der Waals surface area contributed by atoms with Gasteiger partial charge in [-0.05, 0) is 36.8 Å². The van der Waals surface area contributed by atoms with E-state index in [0.717, 1.165) is 25.7 Å². The van der Waals surface area contributed by atoms with Crippen molar-refractivity contribution in [3.8, 4) is 0 Å². The van der Waals surface area contributed by atoms with Gasteiger partial charge in [0.15, 0.2) is 0 Å². The molecule has 5 heteroatoms. The Morgan fingerprint density at radius 2 is 2.05 bits per heavy atom. The van der Waals surface area contributed by atoms with Gasteiger partial charge in [0.2, 0.25) is 10.0 Å². The molecule has 1 aliphatic carbocycles. The number of nitrogens with zero attached hydrogens (tertiary/aromatic N) is 1. The average Bonchev–Trinajstić information content (AvgIpc) is 3.27. The number of hydrogen-bond acceptors (Lipinski definition) is 3. The molecular weight excluding hydrogens is 274 g/mol. The second-order valence-electron chi connectivity index (χ2n) is 6.12. The van der Waals surface area contributed by atoms with Crippen molar-refractivity contribution >= 4 is 10.0 Å². The largest absolute Gasteiger partial charge is 0.364 e. The number of piperidine rings is 1. The van der Waals surface area contributed by atoms with Gasteiger partial charge in [-0.3, -0.25) is 0 Å². The third-order valence-electron chi connectivity index (χ3n) is 4.74. The Morgan fingerprint density at radius 3 is 2.85 bits per heavy atom. The monoisotopic (exact) mass is 293 g/mol. The Hall–Kier alpha value is -0.910. The summed E-state index contributed by atoms with van der Waals surface area (Å²) >= 11 is 0. The van der Waals surface area contributed by atoms with E-state index in [1.807, 2.05) is 12.1 Å². The zero-order chi connectivity index (χ0) is 13.8. The second kappa shape index (κ2) is 4.29. The number of ether oxygens (including phenoxy) is 1. The molecule has 1 saturated carbocycles. The van der Waals surface area contributed by atoms with Gasteiger partial charge in [0, 0.05) is 13.1 Å². The van der Waals surface area contributed by atoms with Crippen molar-refractivity contribution in [3.63, 3.8) is 0 Å². The first kappa shape index (κ1) is 12.8. The van der Waals surface area contributed by atoms with E-state index in [2.05, 4.69) is 12.1 Å². The Labute approximate surface area is 119 Å².